The number of aryl methyl sites for hydroxylation is 2. The number of hydrogen-bond acceptors (Lipinski definition) is 7. The van der Waals surface area contributed by atoms with Gasteiger partial charge >= 0.3 is 5.97 Å². The van der Waals surface area contributed by atoms with Gasteiger partial charge in [-0.15, -0.1) is 0 Å². The lowest BCUT2D eigenvalue weighted by Gasteiger charge is -2.47. The first-order valence-electron chi connectivity index (χ1n) is 19.3. The van der Waals surface area contributed by atoms with E-state index in [4.69, 9.17) is 21.1 Å². The molecular formula is C43H54ClN5O4. The molecule has 282 valence electrons. The molecule has 53 heavy (non-hydrogen) atoms. The Morgan fingerprint density at radius 3 is 2.70 bits per heavy atom. The van der Waals surface area contributed by atoms with Gasteiger partial charge in [0, 0.05) is 54.5 Å². The zero-order valence-corrected chi connectivity index (χ0v) is 32.4. The Kier molecular flexibility index (Phi) is 11.0. The number of anilines is 1. The van der Waals surface area contributed by atoms with Crippen LogP contribution in [0.3, 0.4) is 0 Å². The summed E-state index contributed by atoms with van der Waals surface area (Å²) in [7, 11) is 4.07. The summed E-state index contributed by atoms with van der Waals surface area (Å²) in [5.41, 5.74) is 5.83. The molecule has 0 radical (unpaired) electrons. The standard InChI is InChI=1S/C43H54ClN5O4/c1-29(28-53-39-14-19-45-38-10-5-7-30(2)40(38)39)23-32-24-31-11-12-36(52-22-21-48(3)27-35-13-20-46-49(35)4)26-37(31)42(32)15-17-43(18-16-42,41(50)51)47-34-9-6-8-33(44)25-34/h6,8-9,11-14,19-20,25-26,29-30,32,47H,5,7,10,15-18,21-24,27-28H2,1-4H3,(H,50,51)/t29-,30-,32?,42?,43?/m1/s1. The molecule has 3 atom stereocenters. The second kappa shape index (κ2) is 15.7. The molecule has 1 fully saturated rings. The number of fused-ring (bicyclic) bond motifs is 3. The van der Waals surface area contributed by atoms with Crippen molar-refractivity contribution in [2.75, 3.05) is 32.1 Å². The van der Waals surface area contributed by atoms with Crippen molar-refractivity contribution in [2.45, 2.75) is 95.1 Å². The van der Waals surface area contributed by atoms with Gasteiger partial charge in [0.1, 0.15) is 23.6 Å². The van der Waals surface area contributed by atoms with Crippen LogP contribution in [0, 0.1) is 11.8 Å². The van der Waals surface area contributed by atoms with E-state index in [1.165, 1.54) is 35.2 Å². The highest BCUT2D eigenvalue weighted by Crippen LogP contribution is 2.57. The highest BCUT2D eigenvalue weighted by molar-refractivity contribution is 6.30. The summed E-state index contributed by atoms with van der Waals surface area (Å²) in [6, 6.07) is 18.1. The number of carboxylic acids is 1. The quantitative estimate of drug-likeness (QED) is 0.133. The van der Waals surface area contributed by atoms with E-state index in [9.17, 15) is 9.90 Å². The van der Waals surface area contributed by atoms with Crippen molar-refractivity contribution < 1.29 is 19.4 Å². The predicted molar refractivity (Wildman–Crippen MR) is 209 cm³/mol. The molecular weight excluding hydrogens is 686 g/mol. The summed E-state index contributed by atoms with van der Waals surface area (Å²) >= 11 is 6.30. The fourth-order valence-corrected chi connectivity index (χ4v) is 9.59. The first-order chi connectivity index (χ1) is 25.5. The zero-order valence-electron chi connectivity index (χ0n) is 31.6. The Morgan fingerprint density at radius 1 is 1.11 bits per heavy atom. The van der Waals surface area contributed by atoms with Crippen LogP contribution in [-0.4, -0.2) is 63.1 Å². The third-order valence-corrected chi connectivity index (χ3v) is 12.6. The van der Waals surface area contributed by atoms with Crippen molar-refractivity contribution in [1.82, 2.24) is 19.7 Å². The lowest BCUT2D eigenvalue weighted by molar-refractivity contribution is -0.144. The van der Waals surface area contributed by atoms with Crippen LogP contribution >= 0.6 is 11.6 Å². The molecule has 3 aliphatic rings. The average Bonchev–Trinajstić information content (AvgIpc) is 3.67. The molecule has 2 N–H and O–H groups in total. The number of nitrogens with one attached hydrogen (secondary N) is 1. The molecule has 0 saturated heterocycles. The number of ether oxygens (including phenoxy) is 2. The molecule has 7 rings (SSSR count). The fourth-order valence-electron chi connectivity index (χ4n) is 9.40. The minimum absolute atomic E-state index is 0.154. The van der Waals surface area contributed by atoms with Crippen molar-refractivity contribution in [2.24, 2.45) is 18.9 Å². The lowest BCUT2D eigenvalue weighted by Crippen LogP contribution is -2.53. The van der Waals surface area contributed by atoms with Gasteiger partial charge in [-0.25, -0.2) is 4.79 Å². The molecule has 1 spiro atoms. The second-order valence-electron chi connectivity index (χ2n) is 16.0. The maximum absolute atomic E-state index is 13.0. The average molecular weight is 740 g/mol. The molecule has 2 aromatic carbocycles. The van der Waals surface area contributed by atoms with Crippen LogP contribution in [0.1, 0.15) is 92.8 Å². The minimum Gasteiger partial charge on any atom is -0.493 e. The Labute approximate surface area is 319 Å². The molecule has 1 unspecified atom stereocenters. The number of nitrogens with zero attached hydrogens (tertiary/aromatic N) is 4. The van der Waals surface area contributed by atoms with Crippen LogP contribution in [-0.2, 0) is 36.6 Å². The van der Waals surface area contributed by atoms with E-state index in [1.54, 1.807) is 0 Å². The van der Waals surface area contributed by atoms with E-state index >= 15 is 0 Å². The van der Waals surface area contributed by atoms with Gasteiger partial charge in [-0.05, 0) is 142 Å². The van der Waals surface area contributed by atoms with Crippen molar-refractivity contribution >= 4 is 23.3 Å². The van der Waals surface area contributed by atoms with Gasteiger partial charge in [0.15, 0.2) is 0 Å². The molecule has 0 bridgehead atoms. The number of carboxylic acid groups (broad SMARTS) is 1. The van der Waals surface area contributed by atoms with Crippen LogP contribution < -0.4 is 14.8 Å². The number of pyridine rings is 1. The van der Waals surface area contributed by atoms with E-state index in [1.807, 2.05) is 60.5 Å². The summed E-state index contributed by atoms with van der Waals surface area (Å²) in [5, 5.41) is 19.0. The van der Waals surface area contributed by atoms with Gasteiger partial charge in [0.05, 0.1) is 12.3 Å². The normalized spacial score (nSPS) is 24.1. The molecule has 10 heteroatoms. The second-order valence-corrected chi connectivity index (χ2v) is 16.5. The number of rotatable bonds is 14. The van der Waals surface area contributed by atoms with Gasteiger partial charge in [-0.3, -0.25) is 14.6 Å². The molecule has 1 saturated carbocycles. The maximum atomic E-state index is 13.0. The molecule has 2 aromatic heterocycles. The summed E-state index contributed by atoms with van der Waals surface area (Å²) in [5.74, 6) is 2.18. The number of halogens is 1. The highest BCUT2D eigenvalue weighted by Gasteiger charge is 2.54. The topological polar surface area (TPSA) is 102 Å². The first kappa shape index (κ1) is 37.2. The van der Waals surface area contributed by atoms with Gasteiger partial charge in [0.2, 0.25) is 0 Å². The van der Waals surface area contributed by atoms with Gasteiger partial charge in [-0.1, -0.05) is 37.6 Å². The van der Waals surface area contributed by atoms with E-state index in [2.05, 4.69) is 59.4 Å². The summed E-state index contributed by atoms with van der Waals surface area (Å²) in [6.07, 6.45) is 11.6. The van der Waals surface area contributed by atoms with Crippen molar-refractivity contribution in [3.05, 3.63) is 100 Å². The monoisotopic (exact) mass is 739 g/mol. The van der Waals surface area contributed by atoms with Crippen molar-refractivity contribution in [3.8, 4) is 11.5 Å². The smallest absolute Gasteiger partial charge is 0.329 e. The van der Waals surface area contributed by atoms with Crippen LogP contribution in [0.25, 0.3) is 0 Å². The van der Waals surface area contributed by atoms with Gasteiger partial charge in [-0.2, -0.15) is 5.10 Å². The van der Waals surface area contributed by atoms with E-state index in [-0.39, 0.29) is 5.41 Å². The van der Waals surface area contributed by atoms with E-state index in [0.29, 0.717) is 48.8 Å². The van der Waals surface area contributed by atoms with Crippen molar-refractivity contribution in [1.29, 1.82) is 0 Å². The van der Waals surface area contributed by atoms with Gasteiger partial charge in [0.25, 0.3) is 0 Å². The van der Waals surface area contributed by atoms with Crippen molar-refractivity contribution in [3.63, 3.8) is 0 Å². The number of likely N-dealkylation sites (N-methyl/N-ethyl adjacent to an activating group) is 1. The molecule has 3 aliphatic carbocycles. The third kappa shape index (κ3) is 7.92. The number of carbonyl (C=O) groups is 1. The van der Waals surface area contributed by atoms with Crippen LogP contribution in [0.15, 0.2) is 67.0 Å². The summed E-state index contributed by atoms with van der Waals surface area (Å²) in [6.45, 7) is 7.38. The lowest BCUT2D eigenvalue weighted by atomic mass is 9.59. The maximum Gasteiger partial charge on any atom is 0.329 e. The SMILES string of the molecule is C[C@@H](COc1ccnc2c1[C@H](C)CCC2)CC1Cc2ccc(OCCN(C)Cc3ccnn3C)cc2C12CCC(Nc1cccc(Cl)c1)(C(=O)O)CC2. The predicted octanol–water partition coefficient (Wildman–Crippen LogP) is 8.44. The summed E-state index contributed by atoms with van der Waals surface area (Å²) < 4.78 is 14.9. The number of aromatic nitrogens is 3. The highest BCUT2D eigenvalue weighted by atomic mass is 35.5. The molecule has 0 aliphatic heterocycles. The zero-order chi connectivity index (χ0) is 37.2. The number of benzene rings is 2. The number of aliphatic carboxylic acids is 1. The first-order valence-corrected chi connectivity index (χ1v) is 19.7. The minimum atomic E-state index is -1.07. The van der Waals surface area contributed by atoms with E-state index < -0.39 is 11.5 Å². The third-order valence-electron chi connectivity index (χ3n) is 12.4. The Balaban J connectivity index is 1.09. The Morgan fingerprint density at radius 2 is 1.94 bits per heavy atom. The number of hydrogen-bond donors (Lipinski definition) is 2. The van der Waals surface area contributed by atoms with Crippen LogP contribution in [0.4, 0.5) is 5.69 Å². The molecule has 9 nitrogen and oxygen atoms in total. The summed E-state index contributed by atoms with van der Waals surface area (Å²) in [4.78, 5) is 19.9. The van der Waals surface area contributed by atoms with Gasteiger partial charge < -0.3 is 19.9 Å². The molecule has 0 amide bonds. The largest absolute Gasteiger partial charge is 0.493 e. The molecule has 4 aromatic rings. The molecule has 2 heterocycles. The fraction of sp³-hybridized carbons (Fsp3) is 0.512. The van der Waals surface area contributed by atoms with E-state index in [0.717, 1.165) is 68.1 Å². The Hall–Kier alpha value is -4.08. The van der Waals surface area contributed by atoms with Crippen LogP contribution in [0.2, 0.25) is 5.02 Å². The van der Waals surface area contributed by atoms with Crippen LogP contribution in [0.5, 0.6) is 11.5 Å². The Bertz CT molecular complexity index is 1900.